The third-order valence-electron chi connectivity index (χ3n) is 4.34. The zero-order valence-corrected chi connectivity index (χ0v) is 14.9. The van der Waals surface area contributed by atoms with Crippen molar-refractivity contribution in [2.75, 3.05) is 5.32 Å². The van der Waals surface area contributed by atoms with Gasteiger partial charge in [-0.05, 0) is 73.7 Å². The fourth-order valence-electron chi connectivity index (χ4n) is 3.22. The van der Waals surface area contributed by atoms with Gasteiger partial charge in [-0.15, -0.1) is 0 Å². The molecule has 0 saturated heterocycles. The van der Waals surface area contributed by atoms with Crippen molar-refractivity contribution in [2.45, 2.75) is 25.7 Å². The van der Waals surface area contributed by atoms with E-state index in [4.69, 9.17) is 16.6 Å². The summed E-state index contributed by atoms with van der Waals surface area (Å²) in [6, 6.07) is 14.2. The topological polar surface area (TPSA) is 24.9 Å². The van der Waals surface area contributed by atoms with E-state index < -0.39 is 0 Å². The normalized spacial score (nSPS) is 13.8. The van der Waals surface area contributed by atoms with Gasteiger partial charge in [-0.3, -0.25) is 4.98 Å². The fraction of sp³-hybridized carbons (Fsp3) is 0.211. The Balaban J connectivity index is 1.90. The minimum atomic E-state index is 0.744. The number of aromatic nitrogens is 1. The molecule has 116 valence electrons. The quantitative estimate of drug-likeness (QED) is 0.560. The Kier molecular flexibility index (Phi) is 4.00. The van der Waals surface area contributed by atoms with Crippen LogP contribution in [0.4, 0.5) is 11.4 Å². The first kappa shape index (κ1) is 15.0. The Labute approximate surface area is 149 Å². The monoisotopic (exact) mass is 386 g/mol. The van der Waals surface area contributed by atoms with E-state index in [1.165, 1.54) is 24.1 Å². The van der Waals surface area contributed by atoms with Gasteiger partial charge < -0.3 is 5.32 Å². The van der Waals surface area contributed by atoms with Crippen molar-refractivity contribution in [1.29, 1.82) is 0 Å². The SMILES string of the molecule is Clc1ccc2nc3c(c(Nc4ccc(Br)cc4)c2c1)CCCC3. The molecule has 1 heterocycles. The highest BCUT2D eigenvalue weighted by molar-refractivity contribution is 9.10. The average Bonchev–Trinajstić information content (AvgIpc) is 2.57. The molecule has 2 aromatic carbocycles. The average molecular weight is 388 g/mol. The number of nitrogens with zero attached hydrogens (tertiary/aromatic N) is 1. The Morgan fingerprint density at radius 2 is 1.78 bits per heavy atom. The van der Waals surface area contributed by atoms with Gasteiger partial charge in [0.15, 0.2) is 0 Å². The number of hydrogen-bond acceptors (Lipinski definition) is 2. The molecule has 1 N–H and O–H groups in total. The lowest BCUT2D eigenvalue weighted by molar-refractivity contribution is 0.672. The van der Waals surface area contributed by atoms with Crippen molar-refractivity contribution in [2.24, 2.45) is 0 Å². The highest BCUT2D eigenvalue weighted by atomic mass is 79.9. The molecule has 2 nitrogen and oxygen atoms in total. The maximum Gasteiger partial charge on any atom is 0.0727 e. The van der Waals surface area contributed by atoms with E-state index in [9.17, 15) is 0 Å². The second kappa shape index (κ2) is 6.14. The maximum absolute atomic E-state index is 6.24. The number of fused-ring (bicyclic) bond motifs is 2. The van der Waals surface area contributed by atoms with Crippen molar-refractivity contribution < 1.29 is 0 Å². The molecule has 4 rings (SSSR count). The minimum absolute atomic E-state index is 0.744. The first-order valence-corrected chi connectivity index (χ1v) is 9.01. The molecule has 0 saturated carbocycles. The van der Waals surface area contributed by atoms with Crippen LogP contribution in [0.15, 0.2) is 46.9 Å². The molecular weight excluding hydrogens is 372 g/mol. The van der Waals surface area contributed by atoms with Crippen molar-refractivity contribution in [3.8, 4) is 0 Å². The summed E-state index contributed by atoms with van der Waals surface area (Å²) in [4.78, 5) is 4.87. The smallest absolute Gasteiger partial charge is 0.0727 e. The summed E-state index contributed by atoms with van der Waals surface area (Å²) in [5.41, 5.74) is 5.82. The number of nitrogens with one attached hydrogen (secondary N) is 1. The van der Waals surface area contributed by atoms with Crippen LogP contribution in [-0.4, -0.2) is 4.98 Å². The number of anilines is 2. The zero-order chi connectivity index (χ0) is 15.8. The van der Waals surface area contributed by atoms with E-state index in [1.54, 1.807) is 0 Å². The van der Waals surface area contributed by atoms with Crippen LogP contribution in [0.5, 0.6) is 0 Å². The third kappa shape index (κ3) is 2.96. The van der Waals surface area contributed by atoms with Crippen molar-refractivity contribution in [3.63, 3.8) is 0 Å². The second-order valence-electron chi connectivity index (χ2n) is 5.91. The Hall–Kier alpha value is -1.58. The van der Waals surface area contributed by atoms with E-state index in [0.29, 0.717) is 0 Å². The molecule has 1 aliphatic rings. The van der Waals surface area contributed by atoms with E-state index in [0.717, 1.165) is 44.6 Å². The van der Waals surface area contributed by atoms with Crippen LogP contribution in [0, 0.1) is 0 Å². The fourth-order valence-corrected chi connectivity index (χ4v) is 3.65. The molecule has 1 aromatic heterocycles. The number of aryl methyl sites for hydroxylation is 1. The molecule has 3 aromatic rings. The van der Waals surface area contributed by atoms with Gasteiger partial charge in [0, 0.05) is 26.3 Å². The molecule has 0 amide bonds. The standard InChI is InChI=1S/C19H16BrClN2/c20-12-5-8-14(9-6-12)22-19-15-3-1-2-4-17(15)23-18-10-7-13(21)11-16(18)19/h5-11H,1-4H2,(H,22,23). The van der Waals surface area contributed by atoms with Crippen LogP contribution in [0.3, 0.4) is 0 Å². The Morgan fingerprint density at radius 1 is 1.00 bits per heavy atom. The number of pyridine rings is 1. The third-order valence-corrected chi connectivity index (χ3v) is 5.10. The number of rotatable bonds is 2. The molecular formula is C19H16BrClN2. The summed E-state index contributed by atoms with van der Waals surface area (Å²) in [5, 5.41) is 5.45. The van der Waals surface area contributed by atoms with Crippen LogP contribution in [0.1, 0.15) is 24.1 Å². The molecule has 0 bridgehead atoms. The minimum Gasteiger partial charge on any atom is -0.355 e. The van der Waals surface area contributed by atoms with Gasteiger partial charge in [0.2, 0.25) is 0 Å². The van der Waals surface area contributed by atoms with Crippen LogP contribution < -0.4 is 5.32 Å². The lowest BCUT2D eigenvalue weighted by Gasteiger charge is -2.22. The maximum atomic E-state index is 6.24. The van der Waals surface area contributed by atoms with Gasteiger partial charge in [-0.2, -0.15) is 0 Å². The molecule has 23 heavy (non-hydrogen) atoms. The second-order valence-corrected chi connectivity index (χ2v) is 7.26. The summed E-state index contributed by atoms with van der Waals surface area (Å²) >= 11 is 9.72. The van der Waals surface area contributed by atoms with E-state index >= 15 is 0 Å². The molecule has 0 aliphatic heterocycles. The van der Waals surface area contributed by atoms with E-state index in [2.05, 4.69) is 33.4 Å². The molecule has 0 atom stereocenters. The van der Waals surface area contributed by atoms with Crippen molar-refractivity contribution in [3.05, 3.63) is 63.2 Å². The number of hydrogen-bond donors (Lipinski definition) is 1. The van der Waals surface area contributed by atoms with E-state index in [1.807, 2.05) is 30.3 Å². The lowest BCUT2D eigenvalue weighted by Crippen LogP contribution is -2.09. The van der Waals surface area contributed by atoms with Gasteiger partial charge in [0.05, 0.1) is 11.2 Å². The first-order chi connectivity index (χ1) is 11.2. The lowest BCUT2D eigenvalue weighted by atomic mass is 9.92. The number of halogens is 2. The summed E-state index contributed by atoms with van der Waals surface area (Å²) in [6.07, 6.45) is 4.57. The number of benzene rings is 2. The zero-order valence-electron chi connectivity index (χ0n) is 12.6. The van der Waals surface area contributed by atoms with Crippen LogP contribution in [0.25, 0.3) is 10.9 Å². The van der Waals surface area contributed by atoms with Gasteiger partial charge in [0.1, 0.15) is 0 Å². The molecule has 4 heteroatoms. The Bertz CT molecular complexity index is 875. The van der Waals surface area contributed by atoms with Crippen LogP contribution in [0.2, 0.25) is 5.02 Å². The van der Waals surface area contributed by atoms with Crippen LogP contribution >= 0.6 is 27.5 Å². The Morgan fingerprint density at radius 3 is 2.61 bits per heavy atom. The van der Waals surface area contributed by atoms with E-state index in [-0.39, 0.29) is 0 Å². The van der Waals surface area contributed by atoms with Gasteiger partial charge in [0.25, 0.3) is 0 Å². The van der Waals surface area contributed by atoms with Gasteiger partial charge in [-0.25, -0.2) is 0 Å². The predicted octanol–water partition coefficient (Wildman–Crippen LogP) is 6.27. The summed E-state index contributed by atoms with van der Waals surface area (Å²) < 4.78 is 1.08. The predicted molar refractivity (Wildman–Crippen MR) is 101 cm³/mol. The summed E-state index contributed by atoms with van der Waals surface area (Å²) in [5.74, 6) is 0. The van der Waals surface area contributed by atoms with Crippen LogP contribution in [-0.2, 0) is 12.8 Å². The highest BCUT2D eigenvalue weighted by Gasteiger charge is 2.18. The van der Waals surface area contributed by atoms with Gasteiger partial charge in [-0.1, -0.05) is 27.5 Å². The van der Waals surface area contributed by atoms with Gasteiger partial charge >= 0.3 is 0 Å². The molecule has 0 unspecified atom stereocenters. The molecule has 0 radical (unpaired) electrons. The van der Waals surface area contributed by atoms with Crippen molar-refractivity contribution >= 4 is 49.8 Å². The first-order valence-electron chi connectivity index (χ1n) is 7.84. The molecule has 1 aliphatic carbocycles. The van der Waals surface area contributed by atoms with Crippen molar-refractivity contribution in [1.82, 2.24) is 4.98 Å². The molecule has 0 fully saturated rings. The largest absolute Gasteiger partial charge is 0.355 e. The highest BCUT2D eigenvalue weighted by Crippen LogP contribution is 2.36. The summed E-state index contributed by atoms with van der Waals surface area (Å²) in [6.45, 7) is 0. The summed E-state index contributed by atoms with van der Waals surface area (Å²) in [7, 11) is 0. The molecule has 0 spiro atoms.